The highest BCUT2D eigenvalue weighted by molar-refractivity contribution is 5.71. The number of ether oxygens (including phenoxy) is 1. The fraction of sp³-hybridized carbons (Fsp3) is 0.917. The molecule has 0 atom stereocenters. The quantitative estimate of drug-likeness (QED) is 0.343. The molecule has 102 valence electrons. The largest absolute Gasteiger partial charge is 0.465 e. The molecule has 5 nitrogen and oxygen atoms in total. The van der Waals surface area contributed by atoms with Crippen LogP contribution in [-0.2, 0) is 9.53 Å². The van der Waals surface area contributed by atoms with Crippen LogP contribution < -0.4 is 11.1 Å². The molecule has 4 N–H and O–H groups in total. The maximum atomic E-state index is 10.7. The first kappa shape index (κ1) is 16.4. The lowest BCUT2D eigenvalue weighted by molar-refractivity contribution is -0.142. The van der Waals surface area contributed by atoms with Gasteiger partial charge >= 0.3 is 5.97 Å². The minimum absolute atomic E-state index is 0.0300. The van der Waals surface area contributed by atoms with Crippen molar-refractivity contribution in [2.75, 3.05) is 32.8 Å². The van der Waals surface area contributed by atoms with Crippen LogP contribution in [0, 0.1) is 0 Å². The Morgan fingerprint density at radius 3 is 2.35 bits per heavy atom. The van der Waals surface area contributed by atoms with Gasteiger partial charge in [0.1, 0.15) is 0 Å². The van der Waals surface area contributed by atoms with E-state index < -0.39 is 0 Å². The average molecular weight is 246 g/mol. The van der Waals surface area contributed by atoms with Crippen molar-refractivity contribution in [3.05, 3.63) is 0 Å². The summed E-state index contributed by atoms with van der Waals surface area (Å²) < 4.78 is 4.86. The molecule has 0 amide bonds. The number of hydrogen-bond donors (Lipinski definition) is 3. The number of unbranched alkanes of at least 4 members (excludes halogenated alkanes) is 4. The molecule has 0 radical (unpaired) electrons. The molecule has 0 saturated heterocycles. The van der Waals surface area contributed by atoms with Crippen LogP contribution >= 0.6 is 0 Å². The van der Waals surface area contributed by atoms with Gasteiger partial charge in [-0.05, 0) is 38.8 Å². The van der Waals surface area contributed by atoms with Crippen LogP contribution in [0.5, 0.6) is 0 Å². The van der Waals surface area contributed by atoms with Crippen molar-refractivity contribution in [3.63, 3.8) is 0 Å². The number of hydrogen-bond acceptors (Lipinski definition) is 5. The monoisotopic (exact) mass is 246 g/mol. The van der Waals surface area contributed by atoms with E-state index >= 15 is 0 Å². The van der Waals surface area contributed by atoms with Crippen molar-refractivity contribution >= 4 is 5.97 Å². The second-order valence-corrected chi connectivity index (χ2v) is 4.02. The Balaban J connectivity index is 2.96. The molecule has 0 fully saturated rings. The lowest BCUT2D eigenvalue weighted by Crippen LogP contribution is -2.17. The third-order valence-electron chi connectivity index (χ3n) is 2.44. The lowest BCUT2D eigenvalue weighted by atomic mass is 10.2. The number of carbonyl (C=O) groups is 1. The normalized spacial score (nSPS) is 10.5. The molecule has 0 aliphatic heterocycles. The van der Waals surface area contributed by atoms with Crippen LogP contribution in [0.1, 0.15) is 38.5 Å². The van der Waals surface area contributed by atoms with Crippen LogP contribution in [0.15, 0.2) is 0 Å². The average Bonchev–Trinajstić information content (AvgIpc) is 2.35. The van der Waals surface area contributed by atoms with Gasteiger partial charge < -0.3 is 20.9 Å². The van der Waals surface area contributed by atoms with Crippen molar-refractivity contribution in [2.45, 2.75) is 38.5 Å². The molecule has 5 heteroatoms. The predicted octanol–water partition coefficient (Wildman–Crippen LogP) is 0.411. The fourth-order valence-corrected chi connectivity index (χ4v) is 1.44. The number of carbonyl (C=O) groups excluding carboxylic acids is 1. The molecule has 0 aliphatic rings. The highest BCUT2D eigenvalue weighted by Crippen LogP contribution is 1.99. The van der Waals surface area contributed by atoms with Gasteiger partial charge in [0.05, 0.1) is 13.2 Å². The van der Waals surface area contributed by atoms with Crippen molar-refractivity contribution in [3.8, 4) is 0 Å². The van der Waals surface area contributed by atoms with Crippen molar-refractivity contribution < 1.29 is 14.6 Å². The molecule has 0 unspecified atom stereocenters. The summed E-state index contributed by atoms with van der Waals surface area (Å²) in [5, 5.41) is 11.9. The molecular weight excluding hydrogens is 220 g/mol. The number of rotatable bonds is 12. The van der Waals surface area contributed by atoms with Crippen LogP contribution in [-0.4, -0.2) is 43.9 Å². The summed E-state index contributed by atoms with van der Waals surface area (Å²) in [5.74, 6) is -0.324. The predicted molar refractivity (Wildman–Crippen MR) is 67.7 cm³/mol. The first-order valence-corrected chi connectivity index (χ1v) is 6.48. The second-order valence-electron chi connectivity index (χ2n) is 4.02. The van der Waals surface area contributed by atoms with Crippen LogP contribution in [0.4, 0.5) is 0 Å². The maximum absolute atomic E-state index is 10.7. The lowest BCUT2D eigenvalue weighted by Gasteiger charge is -2.05. The first-order chi connectivity index (χ1) is 8.31. The SMILES string of the molecule is NCC(=O)OCCCCCCNCCCCO. The zero-order valence-corrected chi connectivity index (χ0v) is 10.6. The van der Waals surface area contributed by atoms with Crippen molar-refractivity contribution in [1.29, 1.82) is 0 Å². The molecule has 0 aromatic rings. The number of aliphatic hydroxyl groups is 1. The smallest absolute Gasteiger partial charge is 0.319 e. The highest BCUT2D eigenvalue weighted by atomic mass is 16.5. The van der Waals surface area contributed by atoms with Gasteiger partial charge in [-0.3, -0.25) is 4.79 Å². The first-order valence-electron chi connectivity index (χ1n) is 6.48. The van der Waals surface area contributed by atoms with Crippen LogP contribution in [0.3, 0.4) is 0 Å². The third kappa shape index (κ3) is 13.3. The summed E-state index contributed by atoms with van der Waals surface area (Å²) in [5.41, 5.74) is 5.10. The Hall–Kier alpha value is -0.650. The highest BCUT2D eigenvalue weighted by Gasteiger charge is 1.97. The van der Waals surface area contributed by atoms with E-state index in [2.05, 4.69) is 5.32 Å². The molecule has 0 aliphatic carbocycles. The summed E-state index contributed by atoms with van der Waals surface area (Å²) in [4.78, 5) is 10.7. The van der Waals surface area contributed by atoms with Gasteiger partial charge in [-0.25, -0.2) is 0 Å². The number of nitrogens with one attached hydrogen (secondary N) is 1. The number of esters is 1. The summed E-state index contributed by atoms with van der Waals surface area (Å²) in [6, 6.07) is 0. The van der Waals surface area contributed by atoms with Crippen molar-refractivity contribution in [2.24, 2.45) is 5.73 Å². The van der Waals surface area contributed by atoms with E-state index in [1.54, 1.807) is 0 Å². The van der Waals surface area contributed by atoms with Crippen LogP contribution in [0.2, 0.25) is 0 Å². The van der Waals surface area contributed by atoms with E-state index in [0.29, 0.717) is 6.61 Å². The Morgan fingerprint density at radius 2 is 1.71 bits per heavy atom. The molecule has 0 heterocycles. The standard InChI is InChI=1S/C12H26N2O3/c13-11-12(16)17-10-6-2-1-3-7-14-8-4-5-9-15/h14-15H,1-11,13H2. The Labute approximate surface area is 104 Å². The minimum atomic E-state index is -0.324. The van der Waals surface area contributed by atoms with Crippen LogP contribution in [0.25, 0.3) is 0 Å². The zero-order valence-electron chi connectivity index (χ0n) is 10.6. The molecule has 0 aromatic heterocycles. The third-order valence-corrected chi connectivity index (χ3v) is 2.44. The summed E-state index contributed by atoms with van der Waals surface area (Å²) >= 11 is 0. The molecular formula is C12H26N2O3. The fourth-order valence-electron chi connectivity index (χ4n) is 1.44. The van der Waals surface area contributed by atoms with Gasteiger partial charge in [0.2, 0.25) is 0 Å². The van der Waals surface area contributed by atoms with E-state index in [1.807, 2.05) is 0 Å². The van der Waals surface area contributed by atoms with Gasteiger partial charge in [0, 0.05) is 6.61 Å². The molecule has 0 rings (SSSR count). The van der Waals surface area contributed by atoms with Gasteiger partial charge in [-0.1, -0.05) is 12.8 Å². The number of nitrogens with two attached hydrogens (primary N) is 1. The molecule has 0 bridgehead atoms. The topological polar surface area (TPSA) is 84.6 Å². The zero-order chi connectivity index (χ0) is 12.8. The molecule has 0 spiro atoms. The maximum Gasteiger partial charge on any atom is 0.319 e. The Kier molecular flexibility index (Phi) is 12.9. The van der Waals surface area contributed by atoms with E-state index in [1.165, 1.54) is 0 Å². The van der Waals surface area contributed by atoms with E-state index in [4.69, 9.17) is 15.6 Å². The molecule has 0 saturated carbocycles. The summed E-state index contributed by atoms with van der Waals surface area (Å²) in [6.45, 7) is 2.74. The molecule has 0 aromatic carbocycles. The molecule has 17 heavy (non-hydrogen) atoms. The van der Waals surface area contributed by atoms with Crippen molar-refractivity contribution in [1.82, 2.24) is 5.32 Å². The van der Waals surface area contributed by atoms with E-state index in [9.17, 15) is 4.79 Å². The number of aliphatic hydroxyl groups excluding tert-OH is 1. The summed E-state index contributed by atoms with van der Waals surface area (Å²) in [6.07, 6.45) is 6.19. The van der Waals surface area contributed by atoms with E-state index in [0.717, 1.165) is 51.6 Å². The Bertz CT molecular complexity index is 177. The second kappa shape index (κ2) is 13.4. The Morgan fingerprint density at radius 1 is 1.06 bits per heavy atom. The summed E-state index contributed by atoms with van der Waals surface area (Å²) in [7, 11) is 0. The van der Waals surface area contributed by atoms with Gasteiger partial charge in [0.25, 0.3) is 0 Å². The minimum Gasteiger partial charge on any atom is -0.465 e. The van der Waals surface area contributed by atoms with Gasteiger partial charge in [-0.2, -0.15) is 0 Å². The van der Waals surface area contributed by atoms with Gasteiger partial charge in [0.15, 0.2) is 0 Å². The van der Waals surface area contributed by atoms with Gasteiger partial charge in [-0.15, -0.1) is 0 Å². The van der Waals surface area contributed by atoms with E-state index in [-0.39, 0.29) is 19.1 Å².